The van der Waals surface area contributed by atoms with E-state index in [0.29, 0.717) is 5.69 Å². The second-order valence-electron chi connectivity index (χ2n) is 5.67. The van der Waals surface area contributed by atoms with Crippen LogP contribution in [-0.2, 0) is 17.5 Å². The highest BCUT2D eigenvalue weighted by Crippen LogP contribution is 2.46. The van der Waals surface area contributed by atoms with Gasteiger partial charge in [-0.2, -0.15) is 18.3 Å². The van der Waals surface area contributed by atoms with Gasteiger partial charge in [-0.1, -0.05) is 6.92 Å². The molecule has 0 aliphatic heterocycles. The van der Waals surface area contributed by atoms with Crippen molar-refractivity contribution in [2.24, 2.45) is 0 Å². The van der Waals surface area contributed by atoms with E-state index in [9.17, 15) is 18.0 Å². The van der Waals surface area contributed by atoms with Crippen molar-refractivity contribution in [2.75, 3.05) is 0 Å². The van der Waals surface area contributed by atoms with Gasteiger partial charge in [0.15, 0.2) is 5.69 Å². The molecule has 1 unspecified atom stereocenters. The first-order valence-corrected chi connectivity index (χ1v) is 8.16. The van der Waals surface area contributed by atoms with Crippen LogP contribution in [0.3, 0.4) is 0 Å². The Morgan fingerprint density at radius 1 is 1.50 bits per heavy atom. The van der Waals surface area contributed by atoms with Crippen LogP contribution >= 0.6 is 15.9 Å². The van der Waals surface area contributed by atoms with Gasteiger partial charge in [-0.3, -0.25) is 9.48 Å². The second kappa shape index (κ2) is 6.60. The minimum Gasteiger partial charge on any atom is -0.354 e. The van der Waals surface area contributed by atoms with Crippen LogP contribution in [0, 0.1) is 0 Å². The molecule has 1 saturated carbocycles. The summed E-state index contributed by atoms with van der Waals surface area (Å²) in [5, 5.41) is 6.48. The van der Waals surface area contributed by atoms with Crippen molar-refractivity contribution in [2.45, 2.75) is 64.2 Å². The molecule has 1 atom stereocenters. The van der Waals surface area contributed by atoms with Crippen molar-refractivity contribution < 1.29 is 18.0 Å². The number of halogens is 4. The van der Waals surface area contributed by atoms with Crippen molar-refractivity contribution in [3.63, 3.8) is 0 Å². The van der Waals surface area contributed by atoms with Gasteiger partial charge in [-0.25, -0.2) is 0 Å². The molecule has 8 heteroatoms. The number of nitrogens with one attached hydrogen (secondary N) is 1. The molecule has 1 N–H and O–H groups in total. The fraction of sp³-hybridized carbons (Fsp3) is 0.714. The summed E-state index contributed by atoms with van der Waals surface area (Å²) in [6.45, 7) is 4.00. The Morgan fingerprint density at radius 2 is 2.14 bits per heavy atom. The minimum atomic E-state index is -4.49. The lowest BCUT2D eigenvalue weighted by atomic mass is 10.2. The molecular formula is C14H19BrF3N3O. The van der Waals surface area contributed by atoms with Crippen molar-refractivity contribution in [3.8, 4) is 0 Å². The number of hydrogen-bond acceptors (Lipinski definition) is 2. The number of aromatic nitrogens is 2. The number of carbonyl (C=O) groups excluding carboxylic acids is 1. The summed E-state index contributed by atoms with van der Waals surface area (Å²) in [7, 11) is 0. The van der Waals surface area contributed by atoms with Crippen LogP contribution in [-0.4, -0.2) is 21.7 Å². The minimum absolute atomic E-state index is 0.0184. The van der Waals surface area contributed by atoms with Crippen molar-refractivity contribution in [3.05, 3.63) is 15.9 Å². The van der Waals surface area contributed by atoms with Crippen molar-refractivity contribution in [1.29, 1.82) is 0 Å². The summed E-state index contributed by atoms with van der Waals surface area (Å²) in [4.78, 5) is 11.8. The third-order valence-electron chi connectivity index (χ3n) is 3.73. The van der Waals surface area contributed by atoms with Gasteiger partial charge in [0, 0.05) is 18.4 Å². The molecule has 4 nitrogen and oxygen atoms in total. The molecular weight excluding hydrogens is 363 g/mol. The normalized spacial score (nSPS) is 16.6. The van der Waals surface area contributed by atoms with Gasteiger partial charge in [-0.05, 0) is 42.1 Å². The molecule has 1 fully saturated rings. The zero-order valence-electron chi connectivity index (χ0n) is 12.5. The summed E-state index contributed by atoms with van der Waals surface area (Å²) in [6, 6.07) is 0.0606. The van der Waals surface area contributed by atoms with Gasteiger partial charge in [-0.15, -0.1) is 0 Å². The molecule has 0 bridgehead atoms. The fourth-order valence-corrected chi connectivity index (χ4v) is 3.04. The Labute approximate surface area is 135 Å². The summed E-state index contributed by atoms with van der Waals surface area (Å²) in [5.41, 5.74) is -0.347. The average molecular weight is 382 g/mol. The van der Waals surface area contributed by atoms with E-state index >= 15 is 0 Å². The number of carbonyl (C=O) groups is 1. The summed E-state index contributed by atoms with van der Waals surface area (Å²) >= 11 is 3.03. The maximum atomic E-state index is 13.0. The molecule has 124 valence electrons. The Bertz CT molecular complexity index is 552. The van der Waals surface area contributed by atoms with Crippen LogP contribution in [0.5, 0.6) is 0 Å². The van der Waals surface area contributed by atoms with Crippen molar-refractivity contribution in [1.82, 2.24) is 15.1 Å². The standard InChI is InChI=1S/C14H19BrF3N3O/c1-3-8(2)19-10(22)6-7-21-12(9-4-5-9)11(15)13(20-21)14(16,17)18/h8-9H,3-7H2,1-2H3,(H,19,22). The molecule has 1 aromatic heterocycles. The highest BCUT2D eigenvalue weighted by Gasteiger charge is 2.41. The Balaban J connectivity index is 2.12. The first-order valence-electron chi connectivity index (χ1n) is 7.36. The summed E-state index contributed by atoms with van der Waals surface area (Å²) in [5.74, 6) is -0.0631. The molecule has 1 aliphatic carbocycles. The van der Waals surface area contributed by atoms with Crippen LogP contribution in [0.15, 0.2) is 4.47 Å². The van der Waals surface area contributed by atoms with E-state index in [1.807, 2.05) is 13.8 Å². The molecule has 0 spiro atoms. The predicted molar refractivity (Wildman–Crippen MR) is 79.4 cm³/mol. The highest BCUT2D eigenvalue weighted by molar-refractivity contribution is 9.10. The number of hydrogen-bond donors (Lipinski definition) is 1. The molecule has 2 rings (SSSR count). The highest BCUT2D eigenvalue weighted by atomic mass is 79.9. The molecule has 1 amide bonds. The van der Waals surface area contributed by atoms with Gasteiger partial charge in [0.25, 0.3) is 0 Å². The van der Waals surface area contributed by atoms with Crippen LogP contribution in [0.1, 0.15) is 56.8 Å². The second-order valence-corrected chi connectivity index (χ2v) is 6.46. The van der Waals surface area contributed by atoms with Gasteiger partial charge in [0.1, 0.15) is 0 Å². The largest absolute Gasteiger partial charge is 0.436 e. The maximum absolute atomic E-state index is 13.0. The lowest BCUT2D eigenvalue weighted by Gasteiger charge is -2.12. The number of aryl methyl sites for hydroxylation is 1. The SMILES string of the molecule is CCC(C)NC(=O)CCn1nc(C(F)(F)F)c(Br)c1C1CC1. The number of alkyl halides is 3. The number of nitrogens with zero attached hydrogens (tertiary/aromatic N) is 2. The molecule has 0 radical (unpaired) electrons. The number of amides is 1. The maximum Gasteiger partial charge on any atom is 0.436 e. The van der Waals surface area contributed by atoms with Crippen LogP contribution in [0.25, 0.3) is 0 Å². The zero-order valence-corrected chi connectivity index (χ0v) is 14.1. The van der Waals surface area contributed by atoms with Gasteiger partial charge in [0.2, 0.25) is 5.91 Å². The monoisotopic (exact) mass is 381 g/mol. The van der Waals surface area contributed by atoms with E-state index in [0.717, 1.165) is 19.3 Å². The third kappa shape index (κ3) is 4.02. The van der Waals surface area contributed by atoms with Gasteiger partial charge in [0.05, 0.1) is 16.7 Å². The predicted octanol–water partition coefficient (Wildman–Crippen LogP) is 3.85. The zero-order chi connectivity index (χ0) is 16.5. The topological polar surface area (TPSA) is 46.9 Å². The van der Waals surface area contributed by atoms with E-state index in [1.165, 1.54) is 4.68 Å². The first-order chi connectivity index (χ1) is 10.2. The Kier molecular flexibility index (Phi) is 5.19. The van der Waals surface area contributed by atoms with Crippen LogP contribution in [0.4, 0.5) is 13.2 Å². The molecule has 1 aromatic rings. The number of rotatable bonds is 6. The third-order valence-corrected chi connectivity index (χ3v) is 4.52. The van der Waals surface area contributed by atoms with Crippen LogP contribution in [0.2, 0.25) is 0 Å². The van der Waals surface area contributed by atoms with Crippen LogP contribution < -0.4 is 5.32 Å². The quantitative estimate of drug-likeness (QED) is 0.813. The molecule has 0 aromatic carbocycles. The molecule has 22 heavy (non-hydrogen) atoms. The van der Waals surface area contributed by atoms with E-state index in [-0.39, 0.29) is 35.3 Å². The fourth-order valence-electron chi connectivity index (χ4n) is 2.21. The van der Waals surface area contributed by atoms with E-state index < -0.39 is 11.9 Å². The van der Waals surface area contributed by atoms with E-state index in [4.69, 9.17) is 0 Å². The van der Waals surface area contributed by atoms with Gasteiger partial charge >= 0.3 is 6.18 Å². The van der Waals surface area contributed by atoms with E-state index in [1.54, 1.807) is 0 Å². The molecule has 0 saturated heterocycles. The summed E-state index contributed by atoms with van der Waals surface area (Å²) < 4.78 is 40.2. The van der Waals surface area contributed by atoms with E-state index in [2.05, 4.69) is 26.3 Å². The lowest BCUT2D eigenvalue weighted by Crippen LogP contribution is -2.32. The summed E-state index contributed by atoms with van der Waals surface area (Å²) in [6.07, 6.45) is -1.84. The smallest absolute Gasteiger partial charge is 0.354 e. The average Bonchev–Trinajstić information content (AvgIpc) is 3.19. The molecule has 1 aliphatic rings. The molecule has 1 heterocycles. The van der Waals surface area contributed by atoms with Crippen molar-refractivity contribution >= 4 is 21.8 Å². The van der Waals surface area contributed by atoms with Gasteiger partial charge < -0.3 is 5.32 Å². The Morgan fingerprint density at radius 3 is 2.64 bits per heavy atom. The lowest BCUT2D eigenvalue weighted by molar-refractivity contribution is -0.142. The first kappa shape index (κ1) is 17.3. The Hall–Kier alpha value is -1.05.